The van der Waals surface area contributed by atoms with Crippen molar-refractivity contribution in [2.75, 3.05) is 0 Å². The number of benzene rings is 1. The predicted molar refractivity (Wildman–Crippen MR) is 83.1 cm³/mol. The van der Waals surface area contributed by atoms with Crippen LogP contribution in [-0.2, 0) is 11.2 Å². The summed E-state index contributed by atoms with van der Waals surface area (Å²) in [6.07, 6.45) is 0.00428. The van der Waals surface area contributed by atoms with E-state index >= 15 is 0 Å². The standard InChI is InChI=1S/C14H14BrFN4O3/c1-7(2)12(21)6-11-13(20-23-19-11)14(18-22)17-8-3-4-10(16)9(15)5-8/h3-5,7,22H,6H2,1-2H3,(H,17,18). The Labute approximate surface area is 139 Å². The second-order valence-electron chi connectivity index (χ2n) is 5.03. The quantitative estimate of drug-likeness (QED) is 0.466. The highest BCUT2D eigenvalue weighted by Crippen LogP contribution is 2.23. The fraction of sp³-hybridized carbons (Fsp3) is 0.286. The van der Waals surface area contributed by atoms with Gasteiger partial charge < -0.3 is 0 Å². The van der Waals surface area contributed by atoms with Crippen LogP contribution < -0.4 is 5.48 Å². The lowest BCUT2D eigenvalue weighted by Crippen LogP contribution is -2.23. The molecule has 0 unspecified atom stereocenters. The number of carbonyl (C=O) groups excluding carboxylic acids is 1. The van der Waals surface area contributed by atoms with Crippen LogP contribution in [-0.4, -0.2) is 27.1 Å². The van der Waals surface area contributed by atoms with Gasteiger partial charge in [-0.2, -0.15) is 0 Å². The normalized spacial score (nSPS) is 11.8. The van der Waals surface area contributed by atoms with E-state index in [2.05, 4.69) is 35.9 Å². The Balaban J connectivity index is 2.34. The van der Waals surface area contributed by atoms with Gasteiger partial charge in [-0.15, -0.1) is 0 Å². The molecule has 0 amide bonds. The smallest absolute Gasteiger partial charge is 0.182 e. The van der Waals surface area contributed by atoms with Crippen molar-refractivity contribution in [3.63, 3.8) is 0 Å². The average Bonchev–Trinajstić information content (AvgIpc) is 2.96. The second-order valence-corrected chi connectivity index (χ2v) is 5.88. The summed E-state index contributed by atoms with van der Waals surface area (Å²) < 4.78 is 18.1. The summed E-state index contributed by atoms with van der Waals surface area (Å²) in [6.45, 7) is 3.54. The molecule has 0 atom stereocenters. The van der Waals surface area contributed by atoms with Crippen molar-refractivity contribution in [3.8, 4) is 0 Å². The molecule has 0 radical (unpaired) electrons. The molecule has 0 bridgehead atoms. The van der Waals surface area contributed by atoms with E-state index in [1.807, 2.05) is 5.48 Å². The summed E-state index contributed by atoms with van der Waals surface area (Å²) >= 11 is 3.05. The van der Waals surface area contributed by atoms with Crippen molar-refractivity contribution in [3.05, 3.63) is 39.9 Å². The third-order valence-electron chi connectivity index (χ3n) is 3.02. The lowest BCUT2D eigenvalue weighted by atomic mass is 10.0. The van der Waals surface area contributed by atoms with Gasteiger partial charge in [0.2, 0.25) is 0 Å². The van der Waals surface area contributed by atoms with E-state index in [0.717, 1.165) is 0 Å². The third-order valence-corrected chi connectivity index (χ3v) is 3.62. The molecule has 7 nitrogen and oxygen atoms in total. The Hall–Kier alpha value is -2.13. The van der Waals surface area contributed by atoms with E-state index < -0.39 is 5.82 Å². The molecule has 0 aliphatic carbocycles. The first kappa shape index (κ1) is 17.2. The van der Waals surface area contributed by atoms with Crippen molar-refractivity contribution < 1.29 is 19.0 Å². The summed E-state index contributed by atoms with van der Waals surface area (Å²) in [6, 6.07) is 4.07. The van der Waals surface area contributed by atoms with Crippen molar-refractivity contribution >= 4 is 33.2 Å². The van der Waals surface area contributed by atoms with Gasteiger partial charge in [0.15, 0.2) is 11.5 Å². The predicted octanol–water partition coefficient (Wildman–Crippen LogP) is 2.80. The van der Waals surface area contributed by atoms with E-state index in [1.165, 1.54) is 18.2 Å². The van der Waals surface area contributed by atoms with Crippen LogP contribution in [0.4, 0.5) is 10.1 Å². The molecule has 9 heteroatoms. The van der Waals surface area contributed by atoms with Gasteiger partial charge >= 0.3 is 0 Å². The summed E-state index contributed by atoms with van der Waals surface area (Å²) in [7, 11) is 0. The highest BCUT2D eigenvalue weighted by molar-refractivity contribution is 9.10. The third kappa shape index (κ3) is 4.20. The molecule has 23 heavy (non-hydrogen) atoms. The highest BCUT2D eigenvalue weighted by Gasteiger charge is 2.20. The second kappa shape index (κ2) is 7.42. The number of carbonyl (C=O) groups is 1. The lowest BCUT2D eigenvalue weighted by Gasteiger charge is -2.05. The van der Waals surface area contributed by atoms with Gasteiger partial charge in [-0.1, -0.05) is 19.0 Å². The van der Waals surface area contributed by atoms with Gasteiger partial charge in [0, 0.05) is 5.92 Å². The minimum atomic E-state index is -0.436. The van der Waals surface area contributed by atoms with E-state index in [0.29, 0.717) is 5.69 Å². The number of amidine groups is 1. The van der Waals surface area contributed by atoms with Gasteiger partial charge in [-0.3, -0.25) is 15.5 Å². The molecule has 0 aliphatic heterocycles. The molecule has 0 saturated heterocycles. The largest absolute Gasteiger partial charge is 0.299 e. The Morgan fingerprint density at radius 1 is 1.48 bits per heavy atom. The first-order chi connectivity index (χ1) is 10.9. The molecule has 0 fully saturated rings. The van der Waals surface area contributed by atoms with Crippen molar-refractivity contribution in [2.24, 2.45) is 10.9 Å². The number of hydrogen-bond acceptors (Lipinski definition) is 6. The first-order valence-corrected chi connectivity index (χ1v) is 7.50. The fourth-order valence-electron chi connectivity index (χ4n) is 1.69. The molecule has 0 saturated carbocycles. The molecule has 2 rings (SSSR count). The lowest BCUT2D eigenvalue weighted by molar-refractivity contribution is -0.121. The molecule has 2 aromatic rings. The number of halogens is 2. The minimum Gasteiger partial charge on any atom is -0.299 e. The van der Waals surface area contributed by atoms with E-state index in [9.17, 15) is 14.4 Å². The van der Waals surface area contributed by atoms with Gasteiger partial charge in [0.05, 0.1) is 16.6 Å². The molecule has 1 aromatic heterocycles. The number of nitrogens with zero attached hydrogens (tertiary/aromatic N) is 3. The molecule has 122 valence electrons. The maximum absolute atomic E-state index is 13.2. The molecular weight excluding hydrogens is 371 g/mol. The Morgan fingerprint density at radius 3 is 2.83 bits per heavy atom. The number of nitrogens with one attached hydrogen (secondary N) is 1. The average molecular weight is 385 g/mol. The molecular formula is C14H14BrFN4O3. The van der Waals surface area contributed by atoms with Gasteiger partial charge in [0.25, 0.3) is 0 Å². The summed E-state index contributed by atoms with van der Waals surface area (Å²) in [5.74, 6) is -0.719. The summed E-state index contributed by atoms with van der Waals surface area (Å²) in [5, 5.41) is 16.6. The zero-order valence-electron chi connectivity index (χ0n) is 12.4. The van der Waals surface area contributed by atoms with Gasteiger partial charge in [-0.05, 0) is 39.3 Å². The zero-order valence-corrected chi connectivity index (χ0v) is 14.0. The van der Waals surface area contributed by atoms with Crippen LogP contribution in [0.3, 0.4) is 0 Å². The molecule has 0 spiro atoms. The van der Waals surface area contributed by atoms with E-state index in [1.54, 1.807) is 13.8 Å². The van der Waals surface area contributed by atoms with Crippen molar-refractivity contribution in [1.82, 2.24) is 15.8 Å². The Morgan fingerprint density at radius 2 is 2.22 bits per heavy atom. The molecule has 0 aliphatic rings. The number of aromatic nitrogens is 2. The van der Waals surface area contributed by atoms with Crippen LogP contribution in [0.25, 0.3) is 0 Å². The Kier molecular flexibility index (Phi) is 5.56. The van der Waals surface area contributed by atoms with Crippen LogP contribution in [0.1, 0.15) is 25.2 Å². The van der Waals surface area contributed by atoms with Gasteiger partial charge in [-0.25, -0.2) is 14.0 Å². The monoisotopic (exact) mass is 384 g/mol. The number of hydrogen-bond donors (Lipinski definition) is 2. The molecule has 1 aromatic carbocycles. The topological polar surface area (TPSA) is 101 Å². The zero-order chi connectivity index (χ0) is 17.0. The van der Waals surface area contributed by atoms with Gasteiger partial charge in [0.1, 0.15) is 17.3 Å². The van der Waals surface area contributed by atoms with Crippen molar-refractivity contribution in [2.45, 2.75) is 20.3 Å². The number of rotatable bonds is 5. The number of Topliss-reactive ketones (excluding diaryl/α,β-unsaturated/α-hetero) is 1. The number of aliphatic imine (C=N–C) groups is 1. The number of ketones is 1. The number of hydroxylamine groups is 1. The van der Waals surface area contributed by atoms with Crippen LogP contribution in [0.15, 0.2) is 32.3 Å². The maximum atomic E-state index is 13.2. The van der Waals surface area contributed by atoms with Crippen LogP contribution >= 0.6 is 15.9 Å². The Bertz CT molecular complexity index is 745. The SMILES string of the molecule is CC(C)C(=O)Cc1nonc1C(=Nc1ccc(F)c(Br)c1)NO. The van der Waals surface area contributed by atoms with E-state index in [-0.39, 0.29) is 39.8 Å². The molecule has 2 N–H and O–H groups in total. The van der Waals surface area contributed by atoms with Crippen LogP contribution in [0, 0.1) is 11.7 Å². The van der Waals surface area contributed by atoms with Crippen LogP contribution in [0.5, 0.6) is 0 Å². The fourth-order valence-corrected chi connectivity index (χ4v) is 2.05. The van der Waals surface area contributed by atoms with Crippen molar-refractivity contribution in [1.29, 1.82) is 0 Å². The maximum Gasteiger partial charge on any atom is 0.182 e. The molecule has 1 heterocycles. The highest BCUT2D eigenvalue weighted by atomic mass is 79.9. The summed E-state index contributed by atoms with van der Waals surface area (Å²) in [5.41, 5.74) is 2.62. The first-order valence-electron chi connectivity index (χ1n) is 6.70. The minimum absolute atomic E-state index is 0.00428. The van der Waals surface area contributed by atoms with Crippen LogP contribution in [0.2, 0.25) is 0 Å². The van der Waals surface area contributed by atoms with E-state index in [4.69, 9.17) is 0 Å². The summed E-state index contributed by atoms with van der Waals surface area (Å²) in [4.78, 5) is 16.0.